The van der Waals surface area contributed by atoms with Crippen molar-refractivity contribution in [2.75, 3.05) is 29.1 Å². The van der Waals surface area contributed by atoms with E-state index >= 15 is 0 Å². The fourth-order valence-corrected chi connectivity index (χ4v) is 3.77. The van der Waals surface area contributed by atoms with E-state index in [2.05, 4.69) is 32.9 Å². The topological polar surface area (TPSA) is 108 Å². The second-order valence-electron chi connectivity index (χ2n) is 7.65. The van der Waals surface area contributed by atoms with Crippen LogP contribution in [0.3, 0.4) is 0 Å². The molecule has 3 N–H and O–H groups in total. The minimum absolute atomic E-state index is 0.0596. The monoisotopic (exact) mass is 393 g/mol. The maximum atomic E-state index is 12.4. The Kier molecular flexibility index (Phi) is 4.31. The molecule has 1 amide bonds. The van der Waals surface area contributed by atoms with E-state index in [1.807, 2.05) is 23.7 Å². The first-order chi connectivity index (χ1) is 14.1. The molecule has 0 spiro atoms. The molecular formula is C20H23N7O2. The molecule has 29 heavy (non-hydrogen) atoms. The van der Waals surface area contributed by atoms with Gasteiger partial charge in [-0.05, 0) is 30.4 Å². The highest BCUT2D eigenvalue weighted by atomic mass is 16.3. The summed E-state index contributed by atoms with van der Waals surface area (Å²) in [7, 11) is 1.81. The zero-order valence-corrected chi connectivity index (χ0v) is 16.2. The van der Waals surface area contributed by atoms with Gasteiger partial charge in [0, 0.05) is 25.5 Å². The molecule has 3 aromatic rings. The van der Waals surface area contributed by atoms with Crippen molar-refractivity contribution in [2.24, 2.45) is 0 Å². The van der Waals surface area contributed by atoms with Gasteiger partial charge in [0.05, 0.1) is 37.0 Å². The number of carbonyl (C=O) groups is 1. The second-order valence-corrected chi connectivity index (χ2v) is 7.65. The number of rotatable bonds is 6. The zero-order valence-electron chi connectivity index (χ0n) is 16.2. The summed E-state index contributed by atoms with van der Waals surface area (Å²) >= 11 is 0. The highest BCUT2D eigenvalue weighted by Gasteiger charge is 2.32. The van der Waals surface area contributed by atoms with Crippen LogP contribution in [-0.2, 0) is 11.3 Å². The predicted molar refractivity (Wildman–Crippen MR) is 109 cm³/mol. The lowest BCUT2D eigenvalue weighted by molar-refractivity contribution is -0.117. The van der Waals surface area contributed by atoms with Gasteiger partial charge in [-0.15, -0.1) is 0 Å². The van der Waals surface area contributed by atoms with E-state index in [0.717, 1.165) is 22.8 Å². The normalized spacial score (nSPS) is 19.2. The summed E-state index contributed by atoms with van der Waals surface area (Å²) in [6.45, 7) is 0.813. The summed E-state index contributed by atoms with van der Waals surface area (Å²) in [5, 5.41) is 16.2. The zero-order chi connectivity index (χ0) is 20.0. The third-order valence-corrected chi connectivity index (χ3v) is 5.42. The Balaban J connectivity index is 1.46. The molecule has 1 atom stereocenters. The summed E-state index contributed by atoms with van der Waals surface area (Å²) in [6.07, 6.45) is 7.47. The van der Waals surface area contributed by atoms with E-state index in [4.69, 9.17) is 4.98 Å². The number of amides is 1. The lowest BCUT2D eigenvalue weighted by atomic mass is 10.1. The van der Waals surface area contributed by atoms with Gasteiger partial charge in [-0.25, -0.2) is 15.0 Å². The van der Waals surface area contributed by atoms with Crippen LogP contribution in [-0.4, -0.2) is 50.1 Å². The van der Waals surface area contributed by atoms with Crippen LogP contribution in [0, 0.1) is 0 Å². The molecule has 0 aromatic carbocycles. The van der Waals surface area contributed by atoms with Crippen LogP contribution < -0.4 is 15.5 Å². The Bertz CT molecular complexity index is 1080. The number of fused-ring (bicyclic) bond motifs is 1. The molecule has 1 saturated heterocycles. The highest BCUT2D eigenvalue weighted by Crippen LogP contribution is 2.42. The second kappa shape index (κ2) is 7.00. The quantitative estimate of drug-likeness (QED) is 0.586. The number of hydrogen-bond acceptors (Lipinski definition) is 7. The van der Waals surface area contributed by atoms with E-state index in [0.29, 0.717) is 24.8 Å². The SMILES string of the molecule is CNc1cc(NCc2cn3cc(C4CC4)cc(N4CC(O)CC4=O)c3n2)ncn1. The molecule has 1 aliphatic heterocycles. The Morgan fingerprint density at radius 3 is 2.76 bits per heavy atom. The van der Waals surface area contributed by atoms with Gasteiger partial charge in [-0.2, -0.15) is 0 Å². The minimum atomic E-state index is -0.623. The number of nitrogens with zero attached hydrogens (tertiary/aromatic N) is 5. The number of aromatic nitrogens is 4. The van der Waals surface area contributed by atoms with Gasteiger partial charge in [0.2, 0.25) is 5.91 Å². The van der Waals surface area contributed by atoms with Gasteiger partial charge in [0.25, 0.3) is 0 Å². The predicted octanol–water partition coefficient (Wildman–Crippen LogP) is 1.75. The third kappa shape index (κ3) is 3.49. The van der Waals surface area contributed by atoms with Crippen molar-refractivity contribution in [3.63, 3.8) is 0 Å². The van der Waals surface area contributed by atoms with Crippen LogP contribution in [0.1, 0.15) is 36.4 Å². The third-order valence-electron chi connectivity index (χ3n) is 5.42. The summed E-state index contributed by atoms with van der Waals surface area (Å²) in [5.74, 6) is 1.93. The van der Waals surface area contributed by atoms with E-state index in [1.54, 1.807) is 4.90 Å². The average molecular weight is 393 g/mol. The fourth-order valence-electron chi connectivity index (χ4n) is 3.77. The van der Waals surface area contributed by atoms with E-state index in [1.165, 1.54) is 24.7 Å². The van der Waals surface area contributed by atoms with Crippen molar-refractivity contribution < 1.29 is 9.90 Å². The first kappa shape index (κ1) is 17.9. The Labute approximate surface area is 167 Å². The number of imidazole rings is 1. The maximum absolute atomic E-state index is 12.4. The lowest BCUT2D eigenvalue weighted by Crippen LogP contribution is -2.26. The van der Waals surface area contributed by atoms with Crippen molar-refractivity contribution >= 4 is 28.9 Å². The average Bonchev–Trinajstić information content (AvgIpc) is 3.40. The molecule has 5 rings (SSSR count). The number of anilines is 3. The first-order valence-electron chi connectivity index (χ1n) is 9.84. The van der Waals surface area contributed by atoms with Crippen LogP contribution in [0.2, 0.25) is 0 Å². The van der Waals surface area contributed by atoms with Crippen molar-refractivity contribution in [2.45, 2.75) is 37.8 Å². The number of aliphatic hydroxyl groups is 1. The lowest BCUT2D eigenvalue weighted by Gasteiger charge is -2.18. The summed E-state index contributed by atoms with van der Waals surface area (Å²) in [4.78, 5) is 27.2. The number of β-amino-alcohol motifs (C(OH)–C–C–N with tert-alkyl or cyclic N) is 1. The molecule has 1 unspecified atom stereocenters. The Morgan fingerprint density at radius 2 is 2.03 bits per heavy atom. The molecule has 2 aliphatic rings. The number of pyridine rings is 1. The summed E-state index contributed by atoms with van der Waals surface area (Å²) in [6, 6.07) is 3.90. The van der Waals surface area contributed by atoms with Gasteiger partial charge in [-0.1, -0.05) is 0 Å². The highest BCUT2D eigenvalue weighted by molar-refractivity contribution is 5.99. The summed E-state index contributed by atoms with van der Waals surface area (Å²) < 4.78 is 2.00. The summed E-state index contributed by atoms with van der Waals surface area (Å²) in [5.41, 5.74) is 3.57. The molecule has 0 bridgehead atoms. The van der Waals surface area contributed by atoms with Crippen LogP contribution >= 0.6 is 0 Å². The molecule has 2 fully saturated rings. The van der Waals surface area contributed by atoms with E-state index < -0.39 is 6.10 Å². The van der Waals surface area contributed by atoms with Crippen molar-refractivity contribution in [3.8, 4) is 0 Å². The van der Waals surface area contributed by atoms with E-state index in [9.17, 15) is 9.90 Å². The molecule has 9 nitrogen and oxygen atoms in total. The smallest absolute Gasteiger partial charge is 0.229 e. The van der Waals surface area contributed by atoms with Gasteiger partial charge >= 0.3 is 0 Å². The number of hydrogen-bond donors (Lipinski definition) is 3. The molecule has 1 aliphatic carbocycles. The minimum Gasteiger partial charge on any atom is -0.391 e. The number of nitrogens with one attached hydrogen (secondary N) is 2. The standard InChI is InChI=1S/C20H23N7O2/c1-21-17-6-18(24-11-23-17)22-7-14-9-26-8-13(12-2-3-12)4-16(20(26)25-14)27-10-15(28)5-19(27)29/h4,6,8-9,11-12,15,28H,2-3,5,7,10H2,1H3,(H2,21,22,23,24). The van der Waals surface area contributed by atoms with Crippen LogP contribution in [0.5, 0.6) is 0 Å². The van der Waals surface area contributed by atoms with Gasteiger partial charge in [0.1, 0.15) is 18.0 Å². The molecule has 150 valence electrons. The Hall–Kier alpha value is -3.20. The maximum Gasteiger partial charge on any atom is 0.229 e. The largest absolute Gasteiger partial charge is 0.391 e. The van der Waals surface area contributed by atoms with Crippen LogP contribution in [0.25, 0.3) is 5.65 Å². The Morgan fingerprint density at radius 1 is 1.21 bits per heavy atom. The number of aliphatic hydroxyl groups excluding tert-OH is 1. The fraction of sp³-hybridized carbons (Fsp3) is 0.400. The van der Waals surface area contributed by atoms with Gasteiger partial charge in [-0.3, -0.25) is 4.79 Å². The van der Waals surface area contributed by atoms with Crippen molar-refractivity contribution in [3.05, 3.63) is 42.1 Å². The van der Waals surface area contributed by atoms with Crippen molar-refractivity contribution in [1.82, 2.24) is 19.4 Å². The molecular weight excluding hydrogens is 370 g/mol. The van der Waals surface area contributed by atoms with Gasteiger partial charge < -0.3 is 25.0 Å². The number of carbonyl (C=O) groups excluding carboxylic acids is 1. The van der Waals surface area contributed by atoms with Crippen LogP contribution in [0.15, 0.2) is 30.9 Å². The molecule has 1 saturated carbocycles. The van der Waals surface area contributed by atoms with E-state index in [-0.39, 0.29) is 12.3 Å². The first-order valence-corrected chi connectivity index (χ1v) is 9.84. The van der Waals surface area contributed by atoms with Crippen LogP contribution in [0.4, 0.5) is 17.3 Å². The molecule has 0 radical (unpaired) electrons. The van der Waals surface area contributed by atoms with Crippen molar-refractivity contribution in [1.29, 1.82) is 0 Å². The molecule has 9 heteroatoms. The molecule has 3 aromatic heterocycles. The molecule has 4 heterocycles. The van der Waals surface area contributed by atoms with Gasteiger partial charge in [0.15, 0.2) is 5.65 Å².